The molecule has 1 fully saturated rings. The van der Waals surface area contributed by atoms with Crippen LogP contribution < -0.4 is 5.32 Å². The zero-order valence-electron chi connectivity index (χ0n) is 12.2. The van der Waals surface area contributed by atoms with E-state index >= 15 is 0 Å². The van der Waals surface area contributed by atoms with E-state index in [4.69, 9.17) is 4.74 Å². The lowest BCUT2D eigenvalue weighted by atomic mass is 9.83. The average Bonchev–Trinajstić information content (AvgIpc) is 2.69. The quantitative estimate of drug-likeness (QED) is 0.885. The summed E-state index contributed by atoms with van der Waals surface area (Å²) in [4.78, 5) is 0. The van der Waals surface area contributed by atoms with E-state index in [1.165, 1.54) is 22.3 Å². The molecule has 2 nitrogen and oxygen atoms in total. The molecule has 0 spiro atoms. The summed E-state index contributed by atoms with van der Waals surface area (Å²) in [5.41, 5.74) is 5.60. The van der Waals surface area contributed by atoms with E-state index in [1.807, 2.05) is 0 Å². The first kappa shape index (κ1) is 13.6. The van der Waals surface area contributed by atoms with Crippen molar-refractivity contribution in [2.75, 3.05) is 13.7 Å². The Morgan fingerprint density at radius 2 is 1.83 bits per heavy atom. The summed E-state index contributed by atoms with van der Waals surface area (Å²) in [7, 11) is 2.06. The molecule has 0 bridgehead atoms. The predicted molar refractivity (Wildman–Crippen MR) is 76.0 cm³/mol. The third kappa shape index (κ3) is 2.45. The van der Waals surface area contributed by atoms with Crippen LogP contribution in [0.25, 0.3) is 0 Å². The molecule has 0 radical (unpaired) electrons. The number of aryl methyl sites for hydroxylation is 3. The Hall–Kier alpha value is -0.860. The zero-order chi connectivity index (χ0) is 13.3. The van der Waals surface area contributed by atoms with Gasteiger partial charge in [0.15, 0.2) is 0 Å². The fourth-order valence-corrected chi connectivity index (χ4v) is 3.44. The van der Waals surface area contributed by atoms with E-state index in [-0.39, 0.29) is 0 Å². The second-order valence-electron chi connectivity index (χ2n) is 5.61. The summed E-state index contributed by atoms with van der Waals surface area (Å²) in [6.07, 6.45) is 1.50. The smallest absolute Gasteiger partial charge is 0.0594 e. The van der Waals surface area contributed by atoms with Gasteiger partial charge in [-0.05, 0) is 57.9 Å². The molecule has 1 saturated heterocycles. The number of hydrogen-bond donors (Lipinski definition) is 1. The number of ether oxygens (including phenoxy) is 1. The second-order valence-corrected chi connectivity index (χ2v) is 5.61. The minimum atomic E-state index is 0.350. The maximum atomic E-state index is 5.73. The Morgan fingerprint density at radius 1 is 1.22 bits per heavy atom. The van der Waals surface area contributed by atoms with Crippen molar-refractivity contribution in [3.05, 3.63) is 34.4 Å². The lowest BCUT2D eigenvalue weighted by molar-refractivity contribution is 0.0961. The standard InChI is InChI=1S/C16H25NO/c1-10-8-11(2)15(12(3)9-10)16(17-5)14-6-7-18-13(14)4/h8-9,13-14,16-17H,6-7H2,1-5H3. The number of benzene rings is 1. The molecule has 1 N–H and O–H groups in total. The Bertz CT molecular complexity index is 404. The molecule has 3 unspecified atom stereocenters. The van der Waals surface area contributed by atoms with Gasteiger partial charge >= 0.3 is 0 Å². The molecule has 100 valence electrons. The highest BCUT2D eigenvalue weighted by Gasteiger charge is 2.33. The van der Waals surface area contributed by atoms with Gasteiger partial charge in [-0.1, -0.05) is 17.7 Å². The van der Waals surface area contributed by atoms with E-state index in [0.717, 1.165) is 13.0 Å². The third-order valence-corrected chi connectivity index (χ3v) is 4.22. The van der Waals surface area contributed by atoms with Crippen LogP contribution in [0, 0.1) is 26.7 Å². The van der Waals surface area contributed by atoms with Gasteiger partial charge in [-0.2, -0.15) is 0 Å². The van der Waals surface area contributed by atoms with E-state index in [1.54, 1.807) is 0 Å². The molecule has 1 aromatic rings. The highest BCUT2D eigenvalue weighted by Crippen LogP contribution is 2.36. The van der Waals surface area contributed by atoms with Crippen molar-refractivity contribution in [3.63, 3.8) is 0 Å². The molecule has 0 aromatic heterocycles. The van der Waals surface area contributed by atoms with Crippen molar-refractivity contribution >= 4 is 0 Å². The molecule has 0 amide bonds. The van der Waals surface area contributed by atoms with Crippen LogP contribution in [0.2, 0.25) is 0 Å². The van der Waals surface area contributed by atoms with Crippen molar-refractivity contribution < 1.29 is 4.74 Å². The van der Waals surface area contributed by atoms with Gasteiger partial charge in [-0.3, -0.25) is 0 Å². The molecule has 1 aliphatic heterocycles. The summed E-state index contributed by atoms with van der Waals surface area (Å²) in [6, 6.07) is 4.98. The summed E-state index contributed by atoms with van der Waals surface area (Å²) in [5.74, 6) is 0.579. The summed E-state index contributed by atoms with van der Waals surface area (Å²) in [5, 5.41) is 3.51. The monoisotopic (exact) mass is 247 g/mol. The van der Waals surface area contributed by atoms with Gasteiger partial charge in [-0.15, -0.1) is 0 Å². The van der Waals surface area contributed by atoms with Gasteiger partial charge in [0.25, 0.3) is 0 Å². The van der Waals surface area contributed by atoms with Gasteiger partial charge in [0, 0.05) is 18.6 Å². The SMILES string of the molecule is CNC(c1c(C)cc(C)cc1C)C1CCOC1C. The van der Waals surface area contributed by atoms with E-state index in [9.17, 15) is 0 Å². The van der Waals surface area contributed by atoms with Gasteiger partial charge in [0.2, 0.25) is 0 Å². The van der Waals surface area contributed by atoms with Crippen LogP contribution in [-0.4, -0.2) is 19.8 Å². The largest absolute Gasteiger partial charge is 0.378 e. The molecule has 3 atom stereocenters. The fourth-order valence-electron chi connectivity index (χ4n) is 3.44. The van der Waals surface area contributed by atoms with Crippen molar-refractivity contribution in [1.29, 1.82) is 0 Å². The second kappa shape index (κ2) is 5.41. The lowest BCUT2D eigenvalue weighted by Crippen LogP contribution is -2.30. The first-order chi connectivity index (χ1) is 8.54. The first-order valence-corrected chi connectivity index (χ1v) is 6.91. The fraction of sp³-hybridized carbons (Fsp3) is 0.625. The van der Waals surface area contributed by atoms with E-state index in [0.29, 0.717) is 18.1 Å². The van der Waals surface area contributed by atoms with Crippen molar-refractivity contribution in [3.8, 4) is 0 Å². The molecule has 1 aliphatic rings. The van der Waals surface area contributed by atoms with E-state index < -0.39 is 0 Å². The van der Waals surface area contributed by atoms with Gasteiger partial charge < -0.3 is 10.1 Å². The lowest BCUT2D eigenvalue weighted by Gasteiger charge is -2.29. The Balaban J connectivity index is 2.38. The van der Waals surface area contributed by atoms with Gasteiger partial charge in [0.05, 0.1) is 6.10 Å². The molecule has 0 aliphatic carbocycles. The average molecular weight is 247 g/mol. The Labute approximate surface area is 111 Å². The molecule has 2 rings (SSSR count). The highest BCUT2D eigenvalue weighted by molar-refractivity contribution is 5.40. The van der Waals surface area contributed by atoms with Crippen molar-refractivity contribution in [1.82, 2.24) is 5.32 Å². The Kier molecular flexibility index (Phi) is 4.08. The predicted octanol–water partition coefficient (Wildman–Crippen LogP) is 3.30. The summed E-state index contributed by atoms with van der Waals surface area (Å²) < 4.78 is 5.73. The molecule has 18 heavy (non-hydrogen) atoms. The van der Waals surface area contributed by atoms with Crippen LogP contribution >= 0.6 is 0 Å². The topological polar surface area (TPSA) is 21.3 Å². The molecular weight excluding hydrogens is 222 g/mol. The number of hydrogen-bond acceptors (Lipinski definition) is 2. The van der Waals surface area contributed by atoms with Crippen LogP contribution in [0.1, 0.15) is 41.6 Å². The maximum absolute atomic E-state index is 5.73. The van der Waals surface area contributed by atoms with Crippen molar-refractivity contribution in [2.24, 2.45) is 5.92 Å². The molecule has 1 aromatic carbocycles. The summed E-state index contributed by atoms with van der Waals surface area (Å²) in [6.45, 7) is 9.70. The minimum absolute atomic E-state index is 0.350. The van der Waals surface area contributed by atoms with Gasteiger partial charge in [0.1, 0.15) is 0 Å². The van der Waals surface area contributed by atoms with Crippen LogP contribution in [0.4, 0.5) is 0 Å². The minimum Gasteiger partial charge on any atom is -0.378 e. The van der Waals surface area contributed by atoms with E-state index in [2.05, 4.69) is 52.2 Å². The zero-order valence-corrected chi connectivity index (χ0v) is 12.2. The third-order valence-electron chi connectivity index (χ3n) is 4.22. The van der Waals surface area contributed by atoms with Crippen LogP contribution in [-0.2, 0) is 4.74 Å². The highest BCUT2D eigenvalue weighted by atomic mass is 16.5. The van der Waals surface area contributed by atoms with Crippen LogP contribution in [0.5, 0.6) is 0 Å². The Morgan fingerprint density at radius 3 is 2.28 bits per heavy atom. The number of nitrogens with one attached hydrogen (secondary N) is 1. The van der Waals surface area contributed by atoms with Gasteiger partial charge in [-0.25, -0.2) is 0 Å². The van der Waals surface area contributed by atoms with Crippen LogP contribution in [0.3, 0.4) is 0 Å². The molecule has 2 heteroatoms. The van der Waals surface area contributed by atoms with Crippen molar-refractivity contribution in [2.45, 2.75) is 46.3 Å². The number of rotatable bonds is 3. The normalized spacial score (nSPS) is 25.4. The molecule has 1 heterocycles. The first-order valence-electron chi connectivity index (χ1n) is 6.91. The molecule has 0 saturated carbocycles. The maximum Gasteiger partial charge on any atom is 0.0594 e. The summed E-state index contributed by atoms with van der Waals surface area (Å²) >= 11 is 0. The molecular formula is C16H25NO. The van der Waals surface area contributed by atoms with Crippen LogP contribution in [0.15, 0.2) is 12.1 Å².